The number of allylic oxidation sites excluding steroid dienone is 26. The molecular weight excluding hydrogens is 961 g/mol. The molecule has 0 spiro atoms. The maximum absolute atomic E-state index is 12.9. The first-order valence-corrected chi connectivity index (χ1v) is 31.5. The monoisotopic (exact) mass is 1070 g/mol. The lowest BCUT2D eigenvalue weighted by Crippen LogP contribution is -2.30. The van der Waals surface area contributed by atoms with Crippen molar-refractivity contribution in [3.8, 4) is 0 Å². The van der Waals surface area contributed by atoms with Crippen LogP contribution in [0.25, 0.3) is 0 Å². The van der Waals surface area contributed by atoms with Crippen molar-refractivity contribution in [3.05, 3.63) is 158 Å². The van der Waals surface area contributed by atoms with Crippen molar-refractivity contribution >= 4 is 17.9 Å². The van der Waals surface area contributed by atoms with Gasteiger partial charge < -0.3 is 14.2 Å². The molecule has 0 heterocycles. The highest BCUT2D eigenvalue weighted by Crippen LogP contribution is 2.14. The molecule has 1 atom stereocenters. The number of carbonyl (C=O) groups excluding carboxylic acids is 3. The van der Waals surface area contributed by atoms with E-state index in [0.29, 0.717) is 19.3 Å². The van der Waals surface area contributed by atoms with Gasteiger partial charge in [0.1, 0.15) is 13.2 Å². The molecule has 0 aromatic heterocycles. The zero-order chi connectivity index (χ0) is 56.4. The lowest BCUT2D eigenvalue weighted by atomic mass is 10.1. The summed E-state index contributed by atoms with van der Waals surface area (Å²) in [5, 5.41) is 0. The van der Waals surface area contributed by atoms with Gasteiger partial charge in [-0.25, -0.2) is 0 Å². The summed E-state index contributed by atoms with van der Waals surface area (Å²) < 4.78 is 16.8. The minimum atomic E-state index is -0.818. The van der Waals surface area contributed by atoms with Crippen molar-refractivity contribution in [3.63, 3.8) is 0 Å². The molecule has 0 radical (unpaired) electrons. The average molecular weight is 1080 g/mol. The number of unbranched alkanes of at least 4 members (excludes halogenated alkanes) is 18. The smallest absolute Gasteiger partial charge is 0.306 e. The van der Waals surface area contributed by atoms with Crippen LogP contribution < -0.4 is 0 Å². The Morgan fingerprint density at radius 3 is 0.821 bits per heavy atom. The molecule has 0 N–H and O–H groups in total. The van der Waals surface area contributed by atoms with Crippen molar-refractivity contribution in [2.45, 2.75) is 264 Å². The summed E-state index contributed by atoms with van der Waals surface area (Å²) in [5.41, 5.74) is 0. The summed E-state index contributed by atoms with van der Waals surface area (Å²) >= 11 is 0. The van der Waals surface area contributed by atoms with Gasteiger partial charge in [0, 0.05) is 19.3 Å². The molecule has 6 nitrogen and oxygen atoms in total. The number of hydrogen-bond acceptors (Lipinski definition) is 6. The molecule has 0 aliphatic carbocycles. The molecule has 0 rings (SSSR count). The number of hydrogen-bond donors (Lipinski definition) is 0. The Kier molecular flexibility index (Phi) is 60.4. The van der Waals surface area contributed by atoms with Gasteiger partial charge in [-0.05, 0) is 122 Å². The second kappa shape index (κ2) is 64.6. The Morgan fingerprint density at radius 2 is 0.513 bits per heavy atom. The van der Waals surface area contributed by atoms with Crippen LogP contribution in [-0.2, 0) is 28.6 Å². The topological polar surface area (TPSA) is 78.9 Å². The number of esters is 3. The SMILES string of the molecule is CC/C=C\C/C=C\C/C=C\C/C=C\C/C=C\C/C=C\C/C=C\CCCC(=O)OC(COC(=O)CCCCCCCCCC/C=C\C/C=C\C/C=C\C/C=C\C/C=C\C/C=C\CC)COC(=O)CCCCCCCCCCCC. The van der Waals surface area contributed by atoms with Gasteiger partial charge in [0.15, 0.2) is 6.10 Å². The van der Waals surface area contributed by atoms with Crippen LogP contribution in [0.1, 0.15) is 258 Å². The van der Waals surface area contributed by atoms with E-state index < -0.39 is 6.10 Å². The molecule has 0 aliphatic rings. The Morgan fingerprint density at radius 1 is 0.269 bits per heavy atom. The molecule has 0 saturated carbocycles. The van der Waals surface area contributed by atoms with Gasteiger partial charge in [0.25, 0.3) is 0 Å². The minimum Gasteiger partial charge on any atom is -0.462 e. The van der Waals surface area contributed by atoms with Crippen LogP contribution in [-0.4, -0.2) is 37.2 Å². The summed E-state index contributed by atoms with van der Waals surface area (Å²) in [7, 11) is 0. The van der Waals surface area contributed by atoms with Crippen LogP contribution in [0.15, 0.2) is 158 Å². The van der Waals surface area contributed by atoms with E-state index in [0.717, 1.165) is 135 Å². The van der Waals surface area contributed by atoms with Crippen LogP contribution in [0.3, 0.4) is 0 Å². The fraction of sp³-hybridized carbons (Fsp3) is 0.597. The van der Waals surface area contributed by atoms with Gasteiger partial charge in [-0.2, -0.15) is 0 Å². The third kappa shape index (κ3) is 61.9. The molecule has 0 amide bonds. The van der Waals surface area contributed by atoms with E-state index >= 15 is 0 Å². The van der Waals surface area contributed by atoms with Crippen LogP contribution in [0.4, 0.5) is 0 Å². The lowest BCUT2D eigenvalue weighted by molar-refractivity contribution is -0.167. The van der Waals surface area contributed by atoms with Gasteiger partial charge in [-0.1, -0.05) is 275 Å². The largest absolute Gasteiger partial charge is 0.462 e. The summed E-state index contributed by atoms with van der Waals surface area (Å²) in [5.74, 6) is -0.982. The van der Waals surface area contributed by atoms with Crippen molar-refractivity contribution in [2.24, 2.45) is 0 Å². The van der Waals surface area contributed by atoms with Gasteiger partial charge in [0.05, 0.1) is 0 Å². The molecule has 1 unspecified atom stereocenters. The van der Waals surface area contributed by atoms with Crippen molar-refractivity contribution < 1.29 is 28.6 Å². The van der Waals surface area contributed by atoms with E-state index in [1.54, 1.807) is 0 Å². The number of carbonyl (C=O) groups is 3. The molecule has 78 heavy (non-hydrogen) atoms. The summed E-state index contributed by atoms with van der Waals surface area (Å²) in [4.78, 5) is 38.2. The van der Waals surface area contributed by atoms with E-state index in [4.69, 9.17) is 14.2 Å². The quantitative estimate of drug-likeness (QED) is 0.0261. The maximum atomic E-state index is 12.9. The summed E-state index contributed by atoms with van der Waals surface area (Å²) in [6, 6.07) is 0. The van der Waals surface area contributed by atoms with Crippen LogP contribution in [0.2, 0.25) is 0 Å². The second-order valence-electron chi connectivity index (χ2n) is 20.2. The molecule has 0 aromatic rings. The fourth-order valence-corrected chi connectivity index (χ4v) is 8.14. The Balaban J connectivity index is 4.41. The van der Waals surface area contributed by atoms with Gasteiger partial charge in [-0.3, -0.25) is 14.4 Å². The van der Waals surface area contributed by atoms with Crippen molar-refractivity contribution in [1.29, 1.82) is 0 Å². The van der Waals surface area contributed by atoms with Crippen LogP contribution >= 0.6 is 0 Å². The van der Waals surface area contributed by atoms with E-state index in [1.807, 2.05) is 0 Å². The second-order valence-corrected chi connectivity index (χ2v) is 20.2. The Bertz CT molecular complexity index is 1760. The molecule has 0 bridgehead atoms. The first-order chi connectivity index (χ1) is 38.5. The lowest BCUT2D eigenvalue weighted by Gasteiger charge is -2.18. The van der Waals surface area contributed by atoms with E-state index in [2.05, 4.69) is 179 Å². The Labute approximate surface area is 480 Å². The molecule has 6 heteroatoms. The van der Waals surface area contributed by atoms with E-state index in [-0.39, 0.29) is 37.5 Å². The normalized spacial score (nSPS) is 13.2. The molecule has 0 aliphatic heterocycles. The molecule has 438 valence electrons. The Hall–Kier alpha value is -4.97. The molecule has 0 aromatic carbocycles. The zero-order valence-electron chi connectivity index (χ0n) is 50.1. The third-order valence-electron chi connectivity index (χ3n) is 12.8. The predicted octanol–water partition coefficient (Wildman–Crippen LogP) is 21.7. The maximum Gasteiger partial charge on any atom is 0.306 e. The highest BCUT2D eigenvalue weighted by molar-refractivity contribution is 5.71. The van der Waals surface area contributed by atoms with Gasteiger partial charge >= 0.3 is 17.9 Å². The fourth-order valence-electron chi connectivity index (χ4n) is 8.14. The summed E-state index contributed by atoms with van der Waals surface area (Å²) in [6.07, 6.45) is 94.0. The number of rotatable bonds is 55. The van der Waals surface area contributed by atoms with Crippen LogP contribution in [0, 0.1) is 0 Å². The van der Waals surface area contributed by atoms with E-state index in [9.17, 15) is 14.4 Å². The zero-order valence-corrected chi connectivity index (χ0v) is 50.1. The predicted molar refractivity (Wildman–Crippen MR) is 338 cm³/mol. The van der Waals surface area contributed by atoms with Crippen molar-refractivity contribution in [2.75, 3.05) is 13.2 Å². The highest BCUT2D eigenvalue weighted by atomic mass is 16.6. The van der Waals surface area contributed by atoms with Gasteiger partial charge in [0.2, 0.25) is 0 Å². The molecule has 0 saturated heterocycles. The highest BCUT2D eigenvalue weighted by Gasteiger charge is 2.19. The van der Waals surface area contributed by atoms with E-state index in [1.165, 1.54) is 77.0 Å². The molecule has 0 fully saturated rings. The van der Waals surface area contributed by atoms with Gasteiger partial charge in [-0.15, -0.1) is 0 Å². The first-order valence-electron chi connectivity index (χ1n) is 31.5. The average Bonchev–Trinajstić information content (AvgIpc) is 3.44. The minimum absolute atomic E-state index is 0.108. The standard InChI is InChI=1S/C72H114O6/c1-4-7-10-13-16-19-22-24-26-28-30-32-34-35-36-37-39-40-42-44-46-48-50-53-56-59-62-65-71(74)77-68-69(67-76-70(73)64-61-58-55-52-21-18-15-12-9-6-3)78-72(75)66-63-60-57-54-51-49-47-45-43-41-38-33-31-29-27-25-23-20-17-14-11-8-5-2/h7-8,10-11,16-17,19-20,24-27,30-33,35-36,39-41,43,47,49,54,57,69H,4-6,9,12-15,18,21-23,28-29,34,37-38,42,44-46,48,50-53,55-56,58-68H2,1-3H3/b10-7-,11-8-,19-16-,20-17-,26-24-,27-25-,32-30-,33-31-,36-35-,40-39-,43-41-,49-47-,57-54-. The first kappa shape index (κ1) is 73.0. The number of ether oxygens (including phenoxy) is 3. The third-order valence-corrected chi connectivity index (χ3v) is 12.8. The van der Waals surface area contributed by atoms with Crippen LogP contribution in [0.5, 0.6) is 0 Å². The summed E-state index contributed by atoms with van der Waals surface area (Å²) in [6.45, 7) is 6.34. The molecular formula is C72H114O6. The van der Waals surface area contributed by atoms with Crippen molar-refractivity contribution in [1.82, 2.24) is 0 Å².